The number of alkyl carbamates (subject to hydrolysis) is 1. The number of aromatic amines is 1. The van der Waals surface area contributed by atoms with E-state index >= 15 is 0 Å². The highest BCUT2D eigenvalue weighted by molar-refractivity contribution is 5.67. The minimum atomic E-state index is -0.600. The van der Waals surface area contributed by atoms with E-state index in [0.717, 1.165) is 5.56 Å². The number of rotatable bonds is 4. The largest absolute Gasteiger partial charge is 0.444 e. The Morgan fingerprint density at radius 3 is 2.73 bits per heavy atom. The van der Waals surface area contributed by atoms with Gasteiger partial charge in [0.25, 0.3) is 0 Å². The summed E-state index contributed by atoms with van der Waals surface area (Å²) in [4.78, 5) is 22.6. The lowest BCUT2D eigenvalue weighted by Crippen LogP contribution is -2.33. The Bertz CT molecular complexity index is 697. The number of H-pyrrole nitrogens is 1. The van der Waals surface area contributed by atoms with Crippen LogP contribution in [0.4, 0.5) is 4.79 Å². The van der Waals surface area contributed by atoms with Crippen LogP contribution in [0.1, 0.15) is 26.3 Å². The summed E-state index contributed by atoms with van der Waals surface area (Å²) in [5.74, 6) is -0.366. The molecule has 0 atom stereocenters. The molecule has 0 spiro atoms. The molecule has 0 aliphatic carbocycles. The summed E-state index contributed by atoms with van der Waals surface area (Å²) < 4.78 is 10.1. The minimum Gasteiger partial charge on any atom is -0.444 e. The predicted octanol–water partition coefficient (Wildman–Crippen LogP) is 2.10. The number of hydrogen-bond acceptors (Lipinski definition) is 5. The van der Waals surface area contributed by atoms with E-state index < -0.39 is 17.5 Å². The van der Waals surface area contributed by atoms with Crippen molar-refractivity contribution in [2.24, 2.45) is 0 Å². The fraction of sp³-hybridized carbons (Fsp3) is 0.400. The van der Waals surface area contributed by atoms with Gasteiger partial charge >= 0.3 is 11.8 Å². The first kappa shape index (κ1) is 15.8. The van der Waals surface area contributed by atoms with Gasteiger partial charge in [-0.05, 0) is 38.8 Å². The van der Waals surface area contributed by atoms with Gasteiger partial charge in [0.15, 0.2) is 0 Å². The molecule has 7 heteroatoms. The smallest absolute Gasteiger partial charge is 0.434 e. The molecule has 0 aliphatic rings. The molecule has 1 aromatic heterocycles. The lowest BCUT2D eigenvalue weighted by Gasteiger charge is -2.19. The fourth-order valence-electron chi connectivity index (χ4n) is 1.91. The number of carbonyl (C=O) groups excluding carboxylic acids is 1. The Morgan fingerprint density at radius 2 is 2.09 bits per heavy atom. The second-order valence-electron chi connectivity index (χ2n) is 5.75. The molecule has 2 N–H and O–H groups in total. The monoisotopic (exact) mass is 305 g/mol. The van der Waals surface area contributed by atoms with Crippen LogP contribution in [0.25, 0.3) is 11.5 Å². The first-order chi connectivity index (χ1) is 10.3. The summed E-state index contributed by atoms with van der Waals surface area (Å²) in [6, 6.07) is 7.40. The number of amides is 1. The molecular formula is C15H19N3O4. The van der Waals surface area contributed by atoms with Crippen molar-refractivity contribution in [1.82, 2.24) is 15.5 Å². The first-order valence-electron chi connectivity index (χ1n) is 6.96. The Morgan fingerprint density at radius 1 is 1.36 bits per heavy atom. The molecule has 0 unspecified atom stereocenters. The van der Waals surface area contributed by atoms with E-state index in [-0.39, 0.29) is 5.89 Å². The van der Waals surface area contributed by atoms with Crippen molar-refractivity contribution in [2.75, 3.05) is 6.54 Å². The molecule has 0 saturated carbocycles. The molecule has 22 heavy (non-hydrogen) atoms. The van der Waals surface area contributed by atoms with Gasteiger partial charge in [0.05, 0.1) is 0 Å². The summed E-state index contributed by atoms with van der Waals surface area (Å²) in [6.07, 6.45) is 0.0997. The average Bonchev–Trinajstić information content (AvgIpc) is 2.84. The van der Waals surface area contributed by atoms with Crippen molar-refractivity contribution in [3.63, 3.8) is 0 Å². The van der Waals surface area contributed by atoms with Gasteiger partial charge in [-0.3, -0.25) is 0 Å². The maximum Gasteiger partial charge on any atom is 0.434 e. The summed E-state index contributed by atoms with van der Waals surface area (Å²) in [5, 5.41) is 8.74. The Hall–Kier alpha value is -2.57. The molecule has 118 valence electrons. The van der Waals surface area contributed by atoms with Gasteiger partial charge in [-0.15, -0.1) is 5.10 Å². The van der Waals surface area contributed by atoms with E-state index in [4.69, 9.17) is 9.15 Å². The fourth-order valence-corrected chi connectivity index (χ4v) is 1.91. The van der Waals surface area contributed by atoms with Crippen LogP contribution in [0, 0.1) is 0 Å². The van der Waals surface area contributed by atoms with E-state index in [2.05, 4.69) is 15.5 Å². The highest BCUT2D eigenvalue weighted by Crippen LogP contribution is 2.20. The SMILES string of the molecule is CC(C)(C)OC(=O)NCCc1ccccc1-c1n[nH]c(=O)o1. The summed E-state index contributed by atoms with van der Waals surface area (Å²) in [7, 11) is 0. The highest BCUT2D eigenvalue weighted by atomic mass is 16.6. The zero-order valence-corrected chi connectivity index (χ0v) is 12.8. The molecule has 1 aromatic carbocycles. The molecule has 0 fully saturated rings. The number of nitrogens with zero attached hydrogens (tertiary/aromatic N) is 1. The molecule has 0 bridgehead atoms. The molecular weight excluding hydrogens is 286 g/mol. The van der Waals surface area contributed by atoms with E-state index in [0.29, 0.717) is 18.5 Å². The zero-order valence-electron chi connectivity index (χ0n) is 12.8. The predicted molar refractivity (Wildman–Crippen MR) is 80.5 cm³/mol. The molecule has 1 amide bonds. The van der Waals surface area contributed by atoms with Crippen LogP contribution in [0.2, 0.25) is 0 Å². The van der Waals surface area contributed by atoms with Crippen molar-refractivity contribution in [3.05, 3.63) is 40.4 Å². The number of nitrogens with one attached hydrogen (secondary N) is 2. The molecule has 0 radical (unpaired) electrons. The van der Waals surface area contributed by atoms with Crippen molar-refractivity contribution in [3.8, 4) is 11.5 Å². The van der Waals surface area contributed by atoms with Gasteiger partial charge in [0, 0.05) is 12.1 Å². The van der Waals surface area contributed by atoms with Gasteiger partial charge < -0.3 is 14.5 Å². The van der Waals surface area contributed by atoms with Crippen LogP contribution < -0.4 is 11.1 Å². The molecule has 0 aliphatic heterocycles. The van der Waals surface area contributed by atoms with Crippen LogP contribution in [0.5, 0.6) is 0 Å². The Balaban J connectivity index is 1.99. The van der Waals surface area contributed by atoms with Gasteiger partial charge in [0.2, 0.25) is 5.89 Å². The molecule has 0 saturated heterocycles. The number of ether oxygens (including phenoxy) is 1. The van der Waals surface area contributed by atoms with Crippen LogP contribution in [-0.4, -0.2) is 28.4 Å². The molecule has 2 aromatic rings. The second kappa shape index (κ2) is 6.46. The van der Waals surface area contributed by atoms with Crippen molar-refractivity contribution < 1.29 is 13.9 Å². The first-order valence-corrected chi connectivity index (χ1v) is 6.96. The lowest BCUT2D eigenvalue weighted by molar-refractivity contribution is 0.0528. The van der Waals surface area contributed by atoms with Crippen molar-refractivity contribution >= 4 is 6.09 Å². The quantitative estimate of drug-likeness (QED) is 0.901. The third kappa shape index (κ3) is 4.47. The van der Waals surface area contributed by atoms with E-state index in [1.165, 1.54) is 0 Å². The highest BCUT2D eigenvalue weighted by Gasteiger charge is 2.16. The molecule has 7 nitrogen and oxygen atoms in total. The zero-order chi connectivity index (χ0) is 16.2. The third-order valence-electron chi connectivity index (χ3n) is 2.75. The van der Waals surface area contributed by atoms with Gasteiger partial charge in [0.1, 0.15) is 5.60 Å². The van der Waals surface area contributed by atoms with Gasteiger partial charge in [-0.2, -0.15) is 0 Å². The summed E-state index contributed by atoms with van der Waals surface area (Å²) in [6.45, 7) is 5.82. The van der Waals surface area contributed by atoms with Crippen molar-refractivity contribution in [1.29, 1.82) is 0 Å². The topological polar surface area (TPSA) is 97.2 Å². The van der Waals surface area contributed by atoms with Crippen LogP contribution in [-0.2, 0) is 11.2 Å². The van der Waals surface area contributed by atoms with E-state index in [1.54, 1.807) is 0 Å². The normalized spacial score (nSPS) is 11.2. The summed E-state index contributed by atoms with van der Waals surface area (Å²) in [5.41, 5.74) is 1.10. The van der Waals surface area contributed by atoms with E-state index in [9.17, 15) is 9.59 Å². The van der Waals surface area contributed by atoms with Crippen LogP contribution >= 0.6 is 0 Å². The number of benzene rings is 1. The minimum absolute atomic E-state index is 0.234. The van der Waals surface area contributed by atoms with Gasteiger partial charge in [-0.1, -0.05) is 18.2 Å². The number of carbonyl (C=O) groups is 1. The summed E-state index contributed by atoms with van der Waals surface area (Å²) >= 11 is 0. The Labute approximate surface area is 127 Å². The maximum absolute atomic E-state index is 11.6. The Kier molecular flexibility index (Phi) is 4.65. The standard InChI is InChI=1S/C15H19N3O4/c1-15(2,3)22-13(19)16-9-8-10-6-4-5-7-11(10)12-17-18-14(20)21-12/h4-7H,8-9H2,1-3H3,(H,16,19)(H,18,20). The van der Waals surface area contributed by atoms with Crippen LogP contribution in [0.3, 0.4) is 0 Å². The number of hydrogen-bond donors (Lipinski definition) is 2. The van der Waals surface area contributed by atoms with Crippen molar-refractivity contribution in [2.45, 2.75) is 32.8 Å². The molecule has 2 rings (SSSR count). The lowest BCUT2D eigenvalue weighted by atomic mass is 10.0. The number of aromatic nitrogens is 2. The second-order valence-corrected chi connectivity index (χ2v) is 5.75. The van der Waals surface area contributed by atoms with Gasteiger partial charge in [-0.25, -0.2) is 14.7 Å². The van der Waals surface area contributed by atoms with Crippen LogP contribution in [0.15, 0.2) is 33.5 Å². The molecule has 1 heterocycles. The van der Waals surface area contributed by atoms with E-state index in [1.807, 2.05) is 45.0 Å². The third-order valence-corrected chi connectivity index (χ3v) is 2.75. The maximum atomic E-state index is 11.6. The average molecular weight is 305 g/mol.